The van der Waals surface area contributed by atoms with Gasteiger partial charge < -0.3 is 20.6 Å². The SMILES string of the molecule is CCN(C)C(=O)CNC(=O)NCC1(C(=O)O)CCCCC1. The van der Waals surface area contributed by atoms with Crippen LogP contribution in [0.3, 0.4) is 0 Å². The van der Waals surface area contributed by atoms with E-state index in [0.717, 1.165) is 19.3 Å². The smallest absolute Gasteiger partial charge is 0.315 e. The number of hydrogen-bond donors (Lipinski definition) is 3. The molecule has 3 N–H and O–H groups in total. The van der Waals surface area contributed by atoms with Gasteiger partial charge in [-0.2, -0.15) is 0 Å². The highest BCUT2D eigenvalue weighted by Gasteiger charge is 2.39. The van der Waals surface area contributed by atoms with E-state index in [0.29, 0.717) is 19.4 Å². The molecule has 1 aliphatic rings. The number of hydrogen-bond acceptors (Lipinski definition) is 3. The summed E-state index contributed by atoms with van der Waals surface area (Å²) in [6, 6.07) is -0.501. The lowest BCUT2D eigenvalue weighted by Gasteiger charge is -2.33. The van der Waals surface area contributed by atoms with Crippen LogP contribution >= 0.6 is 0 Å². The Morgan fingerprint density at radius 1 is 1.14 bits per heavy atom. The molecule has 0 saturated heterocycles. The first-order chi connectivity index (χ1) is 9.91. The molecule has 1 aliphatic carbocycles. The summed E-state index contributed by atoms with van der Waals surface area (Å²) in [6.45, 7) is 2.43. The van der Waals surface area contributed by atoms with Crippen LogP contribution in [-0.4, -0.2) is 54.6 Å². The maximum absolute atomic E-state index is 11.7. The highest BCUT2D eigenvalue weighted by Crippen LogP contribution is 2.35. The van der Waals surface area contributed by atoms with Gasteiger partial charge >= 0.3 is 12.0 Å². The summed E-state index contributed by atoms with van der Waals surface area (Å²) >= 11 is 0. The first-order valence-electron chi connectivity index (χ1n) is 7.40. The number of carbonyl (C=O) groups excluding carboxylic acids is 2. The standard InChI is InChI=1S/C14H25N3O4/c1-3-17(2)11(18)9-15-13(21)16-10-14(12(19)20)7-5-4-6-8-14/h3-10H2,1-2H3,(H,19,20)(H2,15,16,21). The van der Waals surface area contributed by atoms with Crippen LogP contribution in [-0.2, 0) is 9.59 Å². The second-order valence-corrected chi connectivity index (χ2v) is 5.59. The van der Waals surface area contributed by atoms with E-state index in [1.165, 1.54) is 4.90 Å². The molecule has 7 heteroatoms. The molecule has 21 heavy (non-hydrogen) atoms. The van der Waals surface area contributed by atoms with Crippen LogP contribution in [0.25, 0.3) is 0 Å². The molecule has 0 aromatic carbocycles. The highest BCUT2D eigenvalue weighted by atomic mass is 16.4. The van der Waals surface area contributed by atoms with Crippen LogP contribution in [0.4, 0.5) is 4.79 Å². The number of nitrogens with one attached hydrogen (secondary N) is 2. The number of carboxylic acid groups (broad SMARTS) is 1. The van der Waals surface area contributed by atoms with Crippen molar-refractivity contribution < 1.29 is 19.5 Å². The third kappa shape index (κ3) is 4.91. The first-order valence-corrected chi connectivity index (χ1v) is 7.40. The Morgan fingerprint density at radius 2 is 1.76 bits per heavy atom. The topological polar surface area (TPSA) is 98.7 Å². The molecule has 0 aromatic rings. The number of rotatable bonds is 6. The maximum Gasteiger partial charge on any atom is 0.315 e. The van der Waals surface area contributed by atoms with Gasteiger partial charge in [0, 0.05) is 20.1 Å². The molecule has 1 rings (SSSR count). The van der Waals surface area contributed by atoms with Crippen LogP contribution in [0, 0.1) is 5.41 Å². The first kappa shape index (κ1) is 17.3. The van der Waals surface area contributed by atoms with Crippen molar-refractivity contribution in [1.29, 1.82) is 0 Å². The molecule has 0 spiro atoms. The monoisotopic (exact) mass is 299 g/mol. The lowest BCUT2D eigenvalue weighted by atomic mass is 9.74. The van der Waals surface area contributed by atoms with E-state index in [1.54, 1.807) is 7.05 Å². The predicted molar refractivity (Wildman–Crippen MR) is 77.9 cm³/mol. The van der Waals surface area contributed by atoms with Gasteiger partial charge in [-0.3, -0.25) is 9.59 Å². The van der Waals surface area contributed by atoms with E-state index in [-0.39, 0.29) is 19.0 Å². The van der Waals surface area contributed by atoms with Crippen LogP contribution < -0.4 is 10.6 Å². The van der Waals surface area contributed by atoms with Gasteiger partial charge in [0.1, 0.15) is 0 Å². The lowest BCUT2D eigenvalue weighted by molar-refractivity contribution is -0.150. The lowest BCUT2D eigenvalue weighted by Crippen LogP contribution is -2.48. The maximum atomic E-state index is 11.7. The van der Waals surface area contributed by atoms with Crippen molar-refractivity contribution in [2.24, 2.45) is 5.41 Å². The van der Waals surface area contributed by atoms with Gasteiger partial charge in [0.2, 0.25) is 5.91 Å². The number of carbonyl (C=O) groups is 3. The molecule has 3 amide bonds. The number of nitrogens with zero attached hydrogens (tertiary/aromatic N) is 1. The number of aliphatic carboxylic acids is 1. The van der Waals surface area contributed by atoms with Crippen LogP contribution in [0.15, 0.2) is 0 Å². The van der Waals surface area contributed by atoms with Gasteiger partial charge in [0.25, 0.3) is 0 Å². The van der Waals surface area contributed by atoms with Crippen molar-refractivity contribution in [2.45, 2.75) is 39.0 Å². The molecule has 0 heterocycles. The zero-order chi connectivity index (χ0) is 15.9. The highest BCUT2D eigenvalue weighted by molar-refractivity contribution is 5.84. The Hall–Kier alpha value is -1.79. The molecule has 7 nitrogen and oxygen atoms in total. The number of carboxylic acids is 1. The van der Waals surface area contributed by atoms with Crippen molar-refractivity contribution in [3.63, 3.8) is 0 Å². The fraction of sp³-hybridized carbons (Fsp3) is 0.786. The van der Waals surface area contributed by atoms with E-state index in [9.17, 15) is 19.5 Å². The Morgan fingerprint density at radius 3 is 2.29 bits per heavy atom. The minimum Gasteiger partial charge on any atom is -0.481 e. The van der Waals surface area contributed by atoms with Crippen molar-refractivity contribution in [3.05, 3.63) is 0 Å². The van der Waals surface area contributed by atoms with Gasteiger partial charge in [-0.25, -0.2) is 4.79 Å². The van der Waals surface area contributed by atoms with Crippen molar-refractivity contribution in [2.75, 3.05) is 26.7 Å². The Balaban J connectivity index is 2.40. The predicted octanol–water partition coefficient (Wildman–Crippen LogP) is 0.799. The summed E-state index contributed by atoms with van der Waals surface area (Å²) in [7, 11) is 1.66. The Kier molecular flexibility index (Phi) is 6.45. The zero-order valence-electron chi connectivity index (χ0n) is 12.8. The molecule has 0 aromatic heterocycles. The Labute approximate surface area is 125 Å². The van der Waals surface area contributed by atoms with Gasteiger partial charge in [0.05, 0.1) is 12.0 Å². The largest absolute Gasteiger partial charge is 0.481 e. The van der Waals surface area contributed by atoms with Crippen molar-refractivity contribution in [3.8, 4) is 0 Å². The average Bonchev–Trinajstić information content (AvgIpc) is 2.50. The van der Waals surface area contributed by atoms with Gasteiger partial charge in [-0.05, 0) is 19.8 Å². The summed E-state index contributed by atoms with van der Waals surface area (Å²) in [5.74, 6) is -1.04. The third-order valence-electron chi connectivity index (χ3n) is 4.15. The fourth-order valence-electron chi connectivity index (χ4n) is 2.47. The molecule has 0 atom stereocenters. The van der Waals surface area contributed by atoms with Crippen LogP contribution in [0.5, 0.6) is 0 Å². The van der Waals surface area contributed by atoms with E-state index in [4.69, 9.17) is 0 Å². The average molecular weight is 299 g/mol. The summed E-state index contributed by atoms with van der Waals surface area (Å²) in [5.41, 5.74) is -0.861. The van der Waals surface area contributed by atoms with E-state index >= 15 is 0 Å². The molecule has 0 unspecified atom stereocenters. The molecular weight excluding hydrogens is 274 g/mol. The number of urea groups is 1. The molecule has 0 bridgehead atoms. The van der Waals surface area contributed by atoms with Gasteiger partial charge in [0.15, 0.2) is 0 Å². The molecule has 1 fully saturated rings. The molecule has 120 valence electrons. The van der Waals surface area contributed by atoms with E-state index in [2.05, 4.69) is 10.6 Å². The fourth-order valence-corrected chi connectivity index (χ4v) is 2.47. The molecular formula is C14H25N3O4. The number of amides is 3. The van der Waals surface area contributed by atoms with Crippen molar-refractivity contribution in [1.82, 2.24) is 15.5 Å². The minimum atomic E-state index is -0.861. The summed E-state index contributed by atoms with van der Waals surface area (Å²) < 4.78 is 0. The van der Waals surface area contributed by atoms with E-state index < -0.39 is 17.4 Å². The van der Waals surface area contributed by atoms with E-state index in [1.807, 2.05) is 6.92 Å². The quantitative estimate of drug-likeness (QED) is 0.675. The molecule has 0 aliphatic heterocycles. The van der Waals surface area contributed by atoms with Gasteiger partial charge in [-0.1, -0.05) is 19.3 Å². The summed E-state index contributed by atoms with van der Waals surface area (Å²) in [6.07, 6.45) is 3.95. The second-order valence-electron chi connectivity index (χ2n) is 5.59. The van der Waals surface area contributed by atoms with Crippen molar-refractivity contribution >= 4 is 17.9 Å². The van der Waals surface area contributed by atoms with Crippen LogP contribution in [0.2, 0.25) is 0 Å². The molecule has 1 saturated carbocycles. The summed E-state index contributed by atoms with van der Waals surface area (Å²) in [5, 5.41) is 14.4. The normalized spacial score (nSPS) is 16.9. The minimum absolute atomic E-state index is 0.0871. The second kappa shape index (κ2) is 7.85. The third-order valence-corrected chi connectivity index (χ3v) is 4.15. The number of likely N-dealkylation sites (N-methyl/N-ethyl adjacent to an activating group) is 1. The zero-order valence-corrected chi connectivity index (χ0v) is 12.8. The summed E-state index contributed by atoms with van der Waals surface area (Å²) in [4.78, 5) is 36.2. The Bertz CT molecular complexity index is 392. The van der Waals surface area contributed by atoms with Crippen LogP contribution in [0.1, 0.15) is 39.0 Å². The molecule has 0 radical (unpaired) electrons. The van der Waals surface area contributed by atoms with Gasteiger partial charge in [-0.15, -0.1) is 0 Å².